The van der Waals surface area contributed by atoms with Crippen LogP contribution in [0.3, 0.4) is 0 Å². The predicted octanol–water partition coefficient (Wildman–Crippen LogP) is 3.63. The molecule has 0 saturated carbocycles. The van der Waals surface area contributed by atoms with Gasteiger partial charge >= 0.3 is 0 Å². The van der Waals surface area contributed by atoms with Crippen LogP contribution in [-0.4, -0.2) is 47.6 Å². The summed E-state index contributed by atoms with van der Waals surface area (Å²) in [4.78, 5) is 47.7. The second kappa shape index (κ2) is 14.0. The number of nitrogen functional groups attached to an aromatic ring is 1. The number of rotatable bonds is 11. The van der Waals surface area contributed by atoms with Gasteiger partial charge in [-0.15, -0.1) is 0 Å². The molecule has 0 atom stereocenters. The third kappa shape index (κ3) is 7.39. The number of carbonyl (C=O) groups excluding carboxylic acids is 2. The van der Waals surface area contributed by atoms with Crippen LogP contribution in [-0.2, 0) is 17.7 Å². The van der Waals surface area contributed by atoms with E-state index in [-0.39, 0.29) is 23.7 Å². The van der Waals surface area contributed by atoms with Gasteiger partial charge in [-0.25, -0.2) is 5.84 Å². The lowest BCUT2D eigenvalue weighted by atomic mass is 9.99. The number of ether oxygens (including phenoxy) is 1. The Bertz CT molecular complexity index is 1410. The van der Waals surface area contributed by atoms with Crippen LogP contribution < -0.4 is 27.0 Å². The van der Waals surface area contributed by atoms with E-state index in [0.717, 1.165) is 66.7 Å². The molecule has 218 valence electrons. The van der Waals surface area contributed by atoms with Crippen LogP contribution in [0.4, 0.5) is 5.69 Å². The Hall–Kier alpha value is -4.02. The molecule has 2 amide bonds. The van der Waals surface area contributed by atoms with Gasteiger partial charge in [-0.05, 0) is 74.1 Å². The number of amides is 2. The van der Waals surface area contributed by atoms with E-state index >= 15 is 0 Å². The van der Waals surface area contributed by atoms with Gasteiger partial charge in [-0.3, -0.25) is 24.8 Å². The molecule has 5 N–H and O–H groups in total. The number of hydrazine groups is 1. The smallest absolute Gasteiger partial charge is 0.283 e. The highest BCUT2D eigenvalue weighted by molar-refractivity contribution is 5.97. The van der Waals surface area contributed by atoms with Crippen molar-refractivity contribution in [2.24, 2.45) is 5.84 Å². The summed E-state index contributed by atoms with van der Waals surface area (Å²) in [5, 5.41) is 2.98. The van der Waals surface area contributed by atoms with Crippen molar-refractivity contribution in [3.05, 3.63) is 81.0 Å². The van der Waals surface area contributed by atoms with E-state index in [1.807, 2.05) is 25.1 Å². The number of nitrogens with two attached hydrogens (primary N) is 1. The summed E-state index contributed by atoms with van der Waals surface area (Å²) >= 11 is 0. The zero-order valence-electron chi connectivity index (χ0n) is 24.1. The summed E-state index contributed by atoms with van der Waals surface area (Å²) in [5.41, 5.74) is 7.42. The molecule has 1 aromatic carbocycles. The van der Waals surface area contributed by atoms with Gasteiger partial charge in [-0.1, -0.05) is 26.3 Å². The molecule has 1 fully saturated rings. The number of H-pyrrole nitrogens is 1. The minimum Gasteiger partial charge on any atom is -0.381 e. The lowest BCUT2D eigenvalue weighted by Crippen LogP contribution is -2.40. The second-order valence-corrected chi connectivity index (χ2v) is 10.4. The maximum absolute atomic E-state index is 13.6. The summed E-state index contributed by atoms with van der Waals surface area (Å²) < 4.78 is 5.61. The van der Waals surface area contributed by atoms with Crippen molar-refractivity contribution < 1.29 is 14.3 Å². The van der Waals surface area contributed by atoms with E-state index in [4.69, 9.17) is 10.6 Å². The fourth-order valence-corrected chi connectivity index (χ4v) is 5.35. The van der Waals surface area contributed by atoms with E-state index < -0.39 is 5.91 Å². The van der Waals surface area contributed by atoms with Gasteiger partial charge in [0.05, 0.1) is 0 Å². The van der Waals surface area contributed by atoms with Crippen LogP contribution in [0.25, 0.3) is 11.1 Å². The van der Waals surface area contributed by atoms with Crippen LogP contribution in [0, 0.1) is 6.92 Å². The average molecular weight is 561 g/mol. The van der Waals surface area contributed by atoms with Crippen LogP contribution in [0.5, 0.6) is 0 Å². The number of anilines is 1. The van der Waals surface area contributed by atoms with Crippen molar-refractivity contribution in [1.82, 2.24) is 20.7 Å². The van der Waals surface area contributed by atoms with Crippen LogP contribution >= 0.6 is 0 Å². The molecule has 0 bridgehead atoms. The molecule has 1 aliphatic rings. The Labute approximate surface area is 240 Å². The highest BCUT2D eigenvalue weighted by atomic mass is 16.5. The largest absolute Gasteiger partial charge is 0.381 e. The molecule has 0 aliphatic carbocycles. The Morgan fingerprint density at radius 1 is 1.07 bits per heavy atom. The molecule has 4 rings (SSSR count). The normalized spacial score (nSPS) is 13.6. The number of aromatic amines is 1. The minimum absolute atomic E-state index is 0.131. The van der Waals surface area contributed by atoms with E-state index in [1.165, 1.54) is 0 Å². The van der Waals surface area contributed by atoms with Crippen molar-refractivity contribution in [3.8, 4) is 11.1 Å². The zero-order valence-corrected chi connectivity index (χ0v) is 24.1. The third-order valence-corrected chi connectivity index (χ3v) is 7.38. The van der Waals surface area contributed by atoms with E-state index in [2.05, 4.69) is 45.5 Å². The molecule has 2 aromatic heterocycles. The molecule has 41 heavy (non-hydrogen) atoms. The van der Waals surface area contributed by atoms with Crippen molar-refractivity contribution in [3.63, 3.8) is 0 Å². The standard InChI is InChI=1S/C31H40N6O4/c1-4-6-21-14-20(3)35-30(39)27(21)19-34-29(38)24-15-23(22-7-8-28(33-18-22)31(40)36-32)16-26(17-24)37(11-5-2)25-9-12-41-13-10-25/h7-8,14-18,25H,4-6,9-13,19,32H2,1-3H3,(H,34,38)(H,35,39)(H,36,40). The zero-order chi connectivity index (χ0) is 29.4. The summed E-state index contributed by atoms with van der Waals surface area (Å²) in [7, 11) is 0. The topological polar surface area (TPSA) is 142 Å². The SMILES string of the molecule is CCCc1cc(C)[nH]c(=O)c1CNC(=O)c1cc(-c2ccc(C(=O)NN)nc2)cc(N(CCC)C2CCOCC2)c1. The van der Waals surface area contributed by atoms with Crippen molar-refractivity contribution in [1.29, 1.82) is 0 Å². The Morgan fingerprint density at radius 3 is 2.51 bits per heavy atom. The highest BCUT2D eigenvalue weighted by Crippen LogP contribution is 2.30. The Kier molecular flexibility index (Phi) is 10.3. The van der Waals surface area contributed by atoms with E-state index in [0.29, 0.717) is 30.4 Å². The number of hydrogen-bond acceptors (Lipinski definition) is 7. The predicted molar refractivity (Wildman–Crippen MR) is 160 cm³/mol. The number of nitrogens with zero attached hydrogens (tertiary/aromatic N) is 2. The van der Waals surface area contributed by atoms with Crippen LogP contribution in [0.2, 0.25) is 0 Å². The molecule has 0 unspecified atom stereocenters. The first-order chi connectivity index (χ1) is 19.8. The van der Waals surface area contributed by atoms with Gasteiger partial charge in [0, 0.05) is 66.6 Å². The fourth-order valence-electron chi connectivity index (χ4n) is 5.35. The molecular weight excluding hydrogens is 520 g/mol. The summed E-state index contributed by atoms with van der Waals surface area (Å²) in [6.07, 6.45) is 6.03. The van der Waals surface area contributed by atoms with Gasteiger partial charge in [0.2, 0.25) is 0 Å². The monoisotopic (exact) mass is 560 g/mol. The first kappa shape index (κ1) is 30.0. The lowest BCUT2D eigenvalue weighted by molar-refractivity contribution is 0.0843. The number of benzene rings is 1. The molecule has 0 spiro atoms. The molecule has 0 radical (unpaired) electrons. The van der Waals surface area contributed by atoms with Crippen molar-refractivity contribution in [2.45, 2.75) is 65.5 Å². The molecule has 3 heterocycles. The second-order valence-electron chi connectivity index (χ2n) is 10.4. The van der Waals surface area contributed by atoms with Gasteiger partial charge in [0.15, 0.2) is 0 Å². The summed E-state index contributed by atoms with van der Waals surface area (Å²) in [6, 6.07) is 11.5. The molecule has 1 aliphatic heterocycles. The average Bonchev–Trinajstić information content (AvgIpc) is 2.99. The number of aryl methyl sites for hydroxylation is 2. The number of carbonyl (C=O) groups is 2. The van der Waals surface area contributed by atoms with E-state index in [1.54, 1.807) is 18.3 Å². The van der Waals surface area contributed by atoms with Gasteiger partial charge in [0.25, 0.3) is 17.4 Å². The minimum atomic E-state index is -0.479. The van der Waals surface area contributed by atoms with Gasteiger partial charge in [0.1, 0.15) is 5.69 Å². The third-order valence-electron chi connectivity index (χ3n) is 7.38. The van der Waals surface area contributed by atoms with Crippen LogP contribution in [0.15, 0.2) is 47.4 Å². The van der Waals surface area contributed by atoms with Crippen molar-refractivity contribution >= 4 is 17.5 Å². The number of aromatic nitrogens is 2. The fraction of sp³-hybridized carbons (Fsp3) is 0.419. The lowest BCUT2D eigenvalue weighted by Gasteiger charge is -2.36. The Balaban J connectivity index is 1.70. The number of nitrogens with one attached hydrogen (secondary N) is 3. The maximum Gasteiger partial charge on any atom is 0.283 e. The number of hydrogen-bond donors (Lipinski definition) is 4. The highest BCUT2D eigenvalue weighted by Gasteiger charge is 2.23. The molecule has 10 nitrogen and oxygen atoms in total. The molecular formula is C31H40N6O4. The molecule has 3 aromatic rings. The molecule has 1 saturated heterocycles. The first-order valence-corrected chi connectivity index (χ1v) is 14.3. The van der Waals surface area contributed by atoms with Crippen molar-refractivity contribution in [2.75, 3.05) is 24.7 Å². The van der Waals surface area contributed by atoms with Gasteiger partial charge < -0.3 is 19.9 Å². The quantitative estimate of drug-likeness (QED) is 0.159. The maximum atomic E-state index is 13.6. The van der Waals surface area contributed by atoms with Crippen LogP contribution in [0.1, 0.15) is 77.2 Å². The summed E-state index contributed by atoms with van der Waals surface area (Å²) in [6.45, 7) is 8.45. The molecule has 10 heteroatoms. The summed E-state index contributed by atoms with van der Waals surface area (Å²) in [5.74, 6) is 4.50. The number of pyridine rings is 2. The van der Waals surface area contributed by atoms with Gasteiger partial charge in [-0.2, -0.15) is 0 Å². The first-order valence-electron chi connectivity index (χ1n) is 14.3. The van der Waals surface area contributed by atoms with E-state index in [9.17, 15) is 14.4 Å². The Morgan fingerprint density at radius 2 is 1.85 bits per heavy atom.